The van der Waals surface area contributed by atoms with Gasteiger partial charge in [-0.3, -0.25) is 0 Å². The first-order chi connectivity index (χ1) is 7.60. The molecule has 0 fully saturated rings. The lowest BCUT2D eigenvalue weighted by Crippen LogP contribution is -2.38. The standard InChI is InChI=1S/C10H22N4S2/c1-8(14-10(16)12-3)6-4-5-7-13-9(15)11-2/h8H,4-7H2,1-3H3,(H2,11,13,15)(H2,12,14,16). The lowest BCUT2D eigenvalue weighted by Gasteiger charge is -2.15. The molecular formula is C10H22N4S2. The maximum absolute atomic E-state index is 5.02. The van der Waals surface area contributed by atoms with Crippen molar-refractivity contribution < 1.29 is 0 Å². The van der Waals surface area contributed by atoms with Gasteiger partial charge in [-0.25, -0.2) is 0 Å². The van der Waals surface area contributed by atoms with E-state index < -0.39 is 0 Å². The van der Waals surface area contributed by atoms with E-state index in [1.54, 1.807) is 0 Å². The second kappa shape index (κ2) is 9.59. The minimum absolute atomic E-state index is 0.413. The van der Waals surface area contributed by atoms with Crippen LogP contribution in [0.5, 0.6) is 0 Å². The van der Waals surface area contributed by atoms with Crippen molar-refractivity contribution in [3.8, 4) is 0 Å². The SMILES string of the molecule is CNC(=S)NCCCCC(C)NC(=S)NC. The Hall–Kier alpha value is -0.620. The fraction of sp³-hybridized carbons (Fsp3) is 0.800. The van der Waals surface area contributed by atoms with E-state index in [1.165, 1.54) is 0 Å². The molecule has 0 radical (unpaired) electrons. The minimum Gasteiger partial charge on any atom is -0.366 e. The maximum atomic E-state index is 5.02. The Morgan fingerprint density at radius 3 is 2.25 bits per heavy atom. The fourth-order valence-corrected chi connectivity index (χ4v) is 1.54. The Balaban J connectivity index is 3.37. The second-order valence-electron chi connectivity index (χ2n) is 3.63. The van der Waals surface area contributed by atoms with Gasteiger partial charge in [-0.2, -0.15) is 0 Å². The first-order valence-electron chi connectivity index (χ1n) is 5.54. The van der Waals surface area contributed by atoms with Gasteiger partial charge in [-0.05, 0) is 50.6 Å². The zero-order chi connectivity index (χ0) is 12.4. The summed E-state index contributed by atoms with van der Waals surface area (Å²) in [5, 5.41) is 13.5. The number of hydrogen-bond acceptors (Lipinski definition) is 2. The molecule has 0 aromatic heterocycles. The molecule has 16 heavy (non-hydrogen) atoms. The number of thiocarbonyl (C=S) groups is 2. The van der Waals surface area contributed by atoms with Crippen LogP contribution in [0.3, 0.4) is 0 Å². The number of hydrogen-bond donors (Lipinski definition) is 4. The summed E-state index contributed by atoms with van der Waals surface area (Å²) in [6.07, 6.45) is 3.37. The molecule has 0 bridgehead atoms. The Labute approximate surface area is 109 Å². The van der Waals surface area contributed by atoms with Crippen molar-refractivity contribution in [2.24, 2.45) is 0 Å². The Morgan fingerprint density at radius 2 is 1.69 bits per heavy atom. The molecule has 1 atom stereocenters. The van der Waals surface area contributed by atoms with Crippen LogP contribution >= 0.6 is 24.4 Å². The molecule has 0 aliphatic rings. The van der Waals surface area contributed by atoms with Gasteiger partial charge in [0.25, 0.3) is 0 Å². The van der Waals surface area contributed by atoms with E-state index in [0.717, 1.165) is 25.8 Å². The molecule has 4 N–H and O–H groups in total. The molecular weight excluding hydrogens is 240 g/mol. The minimum atomic E-state index is 0.413. The monoisotopic (exact) mass is 262 g/mol. The topological polar surface area (TPSA) is 48.1 Å². The Bertz CT molecular complexity index is 221. The molecule has 0 amide bonds. The lowest BCUT2D eigenvalue weighted by atomic mass is 10.1. The van der Waals surface area contributed by atoms with Crippen LogP contribution in [0.1, 0.15) is 26.2 Å². The highest BCUT2D eigenvalue weighted by molar-refractivity contribution is 7.80. The van der Waals surface area contributed by atoms with E-state index in [1.807, 2.05) is 14.1 Å². The molecule has 4 nitrogen and oxygen atoms in total. The van der Waals surface area contributed by atoms with E-state index >= 15 is 0 Å². The fourth-order valence-electron chi connectivity index (χ4n) is 1.23. The number of unbranched alkanes of at least 4 members (excludes halogenated alkanes) is 1. The van der Waals surface area contributed by atoms with E-state index in [4.69, 9.17) is 24.4 Å². The number of nitrogens with one attached hydrogen (secondary N) is 4. The van der Waals surface area contributed by atoms with E-state index in [2.05, 4.69) is 28.2 Å². The molecule has 1 unspecified atom stereocenters. The zero-order valence-electron chi connectivity index (χ0n) is 10.2. The first-order valence-corrected chi connectivity index (χ1v) is 6.35. The van der Waals surface area contributed by atoms with Crippen molar-refractivity contribution in [3.05, 3.63) is 0 Å². The van der Waals surface area contributed by atoms with E-state index in [-0.39, 0.29) is 0 Å². The lowest BCUT2D eigenvalue weighted by molar-refractivity contribution is 0.553. The Kier molecular flexibility index (Phi) is 9.22. The van der Waals surface area contributed by atoms with Gasteiger partial charge in [0, 0.05) is 26.7 Å². The van der Waals surface area contributed by atoms with Crippen LogP contribution in [0, 0.1) is 0 Å². The van der Waals surface area contributed by atoms with Crippen LogP contribution in [-0.2, 0) is 0 Å². The zero-order valence-corrected chi connectivity index (χ0v) is 11.9. The van der Waals surface area contributed by atoms with Gasteiger partial charge in [0.2, 0.25) is 0 Å². The van der Waals surface area contributed by atoms with E-state index in [9.17, 15) is 0 Å². The average molecular weight is 262 g/mol. The van der Waals surface area contributed by atoms with Gasteiger partial charge in [0.1, 0.15) is 0 Å². The average Bonchev–Trinajstić information content (AvgIpc) is 2.27. The predicted octanol–water partition coefficient (Wildman–Crippen LogP) is 0.733. The molecule has 0 saturated carbocycles. The molecule has 0 aliphatic heterocycles. The Morgan fingerprint density at radius 1 is 1.06 bits per heavy atom. The second-order valence-corrected chi connectivity index (χ2v) is 4.44. The summed E-state index contributed by atoms with van der Waals surface area (Å²) in [5.41, 5.74) is 0. The molecule has 94 valence electrons. The van der Waals surface area contributed by atoms with Gasteiger partial charge in [-0.15, -0.1) is 0 Å². The van der Waals surface area contributed by atoms with Crippen molar-refractivity contribution in [1.29, 1.82) is 0 Å². The van der Waals surface area contributed by atoms with Crippen LogP contribution in [0.2, 0.25) is 0 Å². The number of rotatable bonds is 6. The summed E-state index contributed by atoms with van der Waals surface area (Å²) in [7, 11) is 3.64. The van der Waals surface area contributed by atoms with E-state index in [0.29, 0.717) is 16.3 Å². The van der Waals surface area contributed by atoms with Crippen molar-refractivity contribution in [2.45, 2.75) is 32.2 Å². The van der Waals surface area contributed by atoms with Crippen molar-refractivity contribution in [1.82, 2.24) is 21.3 Å². The summed E-state index contributed by atoms with van der Waals surface area (Å²) in [6, 6.07) is 0.413. The smallest absolute Gasteiger partial charge is 0.166 e. The summed E-state index contributed by atoms with van der Waals surface area (Å²) >= 11 is 9.99. The molecule has 0 aromatic rings. The molecule has 0 aromatic carbocycles. The summed E-state index contributed by atoms with van der Waals surface area (Å²) in [6.45, 7) is 3.05. The van der Waals surface area contributed by atoms with Crippen molar-refractivity contribution >= 4 is 34.7 Å². The van der Waals surface area contributed by atoms with Crippen LogP contribution in [0.25, 0.3) is 0 Å². The van der Waals surface area contributed by atoms with Crippen LogP contribution in [0.4, 0.5) is 0 Å². The molecule has 0 aliphatic carbocycles. The summed E-state index contributed by atoms with van der Waals surface area (Å²) in [5.74, 6) is 0. The molecule has 0 rings (SSSR count). The van der Waals surface area contributed by atoms with Crippen LogP contribution in [0.15, 0.2) is 0 Å². The van der Waals surface area contributed by atoms with Crippen LogP contribution < -0.4 is 21.3 Å². The van der Waals surface area contributed by atoms with Gasteiger partial charge in [0.15, 0.2) is 10.2 Å². The van der Waals surface area contributed by atoms with Crippen molar-refractivity contribution in [3.63, 3.8) is 0 Å². The predicted molar refractivity (Wildman–Crippen MR) is 77.8 cm³/mol. The van der Waals surface area contributed by atoms with Crippen molar-refractivity contribution in [2.75, 3.05) is 20.6 Å². The van der Waals surface area contributed by atoms with Gasteiger partial charge in [0.05, 0.1) is 0 Å². The highest BCUT2D eigenvalue weighted by Gasteiger charge is 2.02. The summed E-state index contributed by atoms with van der Waals surface area (Å²) in [4.78, 5) is 0. The molecule has 0 heterocycles. The highest BCUT2D eigenvalue weighted by Crippen LogP contribution is 1.99. The van der Waals surface area contributed by atoms with Gasteiger partial charge in [-0.1, -0.05) is 0 Å². The third-order valence-electron chi connectivity index (χ3n) is 2.18. The third kappa shape index (κ3) is 8.67. The van der Waals surface area contributed by atoms with Gasteiger partial charge < -0.3 is 21.3 Å². The molecule has 0 spiro atoms. The van der Waals surface area contributed by atoms with Crippen LogP contribution in [-0.4, -0.2) is 36.9 Å². The molecule has 6 heteroatoms. The third-order valence-corrected chi connectivity index (χ3v) is 2.85. The maximum Gasteiger partial charge on any atom is 0.166 e. The van der Waals surface area contributed by atoms with Gasteiger partial charge >= 0.3 is 0 Å². The quantitative estimate of drug-likeness (QED) is 0.418. The first kappa shape index (κ1) is 15.4. The summed E-state index contributed by atoms with van der Waals surface area (Å²) < 4.78 is 0. The largest absolute Gasteiger partial charge is 0.366 e. The normalized spacial score (nSPS) is 11.4. The molecule has 0 saturated heterocycles. The highest BCUT2D eigenvalue weighted by atomic mass is 32.1.